The van der Waals surface area contributed by atoms with Crippen molar-refractivity contribution in [2.24, 2.45) is 10.8 Å². The first-order valence-corrected chi connectivity index (χ1v) is 16.8. The van der Waals surface area contributed by atoms with Gasteiger partial charge < -0.3 is 14.4 Å². The largest absolute Gasteiger partial charge is 0.486 e. The predicted octanol–water partition coefficient (Wildman–Crippen LogP) is 12.1. The van der Waals surface area contributed by atoms with Crippen LogP contribution in [0.5, 0.6) is 0 Å². The molecule has 0 fully saturated rings. The predicted molar refractivity (Wildman–Crippen MR) is 209 cm³/mol. The molecule has 51 heavy (non-hydrogen) atoms. The molecule has 0 spiro atoms. The van der Waals surface area contributed by atoms with Crippen molar-refractivity contribution in [2.75, 3.05) is 0 Å². The number of furan rings is 1. The third-order valence-corrected chi connectivity index (χ3v) is 9.50. The van der Waals surface area contributed by atoms with Crippen molar-refractivity contribution in [3.63, 3.8) is 0 Å². The average molecular weight is 869 g/mol. The summed E-state index contributed by atoms with van der Waals surface area (Å²) in [6.45, 7) is 11.4. The van der Waals surface area contributed by atoms with Gasteiger partial charge in [0, 0.05) is 61.4 Å². The van der Waals surface area contributed by atoms with Crippen molar-refractivity contribution in [1.29, 1.82) is 0 Å². The quantitative estimate of drug-likeness (QED) is 0.166. The molecule has 1 aliphatic carbocycles. The van der Waals surface area contributed by atoms with Gasteiger partial charge in [-0.2, -0.15) is 0 Å². The molecule has 0 aliphatic heterocycles. The Morgan fingerprint density at radius 1 is 0.765 bits per heavy atom. The summed E-state index contributed by atoms with van der Waals surface area (Å²) in [5, 5.41) is 1.44. The van der Waals surface area contributed by atoms with Crippen LogP contribution < -0.4 is 0 Å². The third-order valence-electron chi connectivity index (χ3n) is 9.50. The Bertz CT molecular complexity index is 2720. The van der Waals surface area contributed by atoms with Gasteiger partial charge in [0.25, 0.3) is 0 Å². The molecule has 0 bridgehead atoms. The number of nitrogens with zero attached hydrogens (tertiary/aromatic N) is 3. The van der Waals surface area contributed by atoms with Crippen molar-refractivity contribution < 1.29 is 42.3 Å². The van der Waals surface area contributed by atoms with Gasteiger partial charge in [0.15, 0.2) is 0 Å². The van der Waals surface area contributed by atoms with Crippen LogP contribution in [0.2, 0.25) is 0 Å². The molecule has 4 aromatic heterocycles. The second-order valence-electron chi connectivity index (χ2n) is 16.1. The Kier molecular flexibility index (Phi) is 6.60. The summed E-state index contributed by atoms with van der Waals surface area (Å²) in [4.78, 5) is 13.1. The van der Waals surface area contributed by atoms with E-state index in [-0.39, 0.29) is 48.3 Å². The number of aryl methyl sites for hydroxylation is 3. The minimum atomic E-state index is -2.69. The summed E-state index contributed by atoms with van der Waals surface area (Å²) in [7, 11) is 0. The number of rotatable bonds is 4. The molecule has 1 radical (unpaired) electrons. The maximum absolute atomic E-state index is 8.77. The Morgan fingerprint density at radius 2 is 1.45 bits per heavy atom. The van der Waals surface area contributed by atoms with Gasteiger partial charge in [0.1, 0.15) is 0 Å². The van der Waals surface area contributed by atoms with E-state index in [2.05, 4.69) is 54.8 Å². The molecule has 269 valence electrons. The molecule has 0 atom stereocenters. The van der Waals surface area contributed by atoms with Crippen LogP contribution in [0.3, 0.4) is 0 Å². The summed E-state index contributed by atoms with van der Waals surface area (Å²) in [6.07, 6.45) is -0.893. The number of hydrogen-bond acceptors (Lipinski definition) is 4. The molecule has 7 rings (SSSR count). The molecule has 6 aromatic rings. The topological polar surface area (TPSA) is 51.8 Å². The van der Waals surface area contributed by atoms with Crippen molar-refractivity contribution in [1.82, 2.24) is 15.0 Å². The number of aromatic nitrogens is 3. The molecular weight excluding hydrogens is 803 g/mol. The molecule has 0 saturated carbocycles. The average Bonchev–Trinajstić information content (AvgIpc) is 3.54. The van der Waals surface area contributed by atoms with Crippen LogP contribution in [-0.4, -0.2) is 15.0 Å². The SMILES string of the molecule is [2H]C([2H])([2H])c1cc2c3c(n1)oc1c(-c4cc(C([2H])([2H])[2H])c(C([2H])([2H])[2H])cn4)[c-]cc(c13)C(C)(C)C2(C)C.[2H]C([2H])(c1cnc(-c2[c-]cccc2)cc1C([2H])([2H])C(C)(C)C)C(C)(C)C.[Ir]. The van der Waals surface area contributed by atoms with Gasteiger partial charge in [-0.3, -0.25) is 0 Å². The fraction of sp³-hybridized carbons (Fsp3) is 0.413. The molecule has 0 saturated heterocycles. The van der Waals surface area contributed by atoms with E-state index in [1.165, 1.54) is 12.3 Å². The molecular formula is C46H53IrN3O-2. The van der Waals surface area contributed by atoms with E-state index in [0.29, 0.717) is 33.4 Å². The van der Waals surface area contributed by atoms with E-state index < -0.39 is 55.0 Å². The Morgan fingerprint density at radius 3 is 2.10 bits per heavy atom. The normalized spacial score (nSPS) is 19.8. The molecule has 0 unspecified atom stereocenters. The molecule has 0 N–H and O–H groups in total. The van der Waals surface area contributed by atoms with Gasteiger partial charge in [-0.1, -0.05) is 92.5 Å². The van der Waals surface area contributed by atoms with Gasteiger partial charge >= 0.3 is 0 Å². The number of pyridine rings is 3. The van der Waals surface area contributed by atoms with Crippen molar-refractivity contribution in [3.8, 4) is 22.5 Å². The maximum atomic E-state index is 8.77. The van der Waals surface area contributed by atoms with Gasteiger partial charge in [-0.25, -0.2) is 4.98 Å². The molecule has 0 amide bonds. The molecule has 1 aliphatic rings. The second kappa shape index (κ2) is 13.7. The zero-order chi connectivity index (χ0) is 47.5. The van der Waals surface area contributed by atoms with Crippen LogP contribution in [0.25, 0.3) is 44.6 Å². The van der Waals surface area contributed by atoms with Crippen molar-refractivity contribution in [2.45, 2.75) is 113 Å². The van der Waals surface area contributed by atoms with Crippen molar-refractivity contribution >= 4 is 22.1 Å². The van der Waals surface area contributed by atoms with Gasteiger partial charge in [0.05, 0.1) is 5.58 Å². The second-order valence-corrected chi connectivity index (χ2v) is 16.1. The van der Waals surface area contributed by atoms with E-state index in [1.807, 2.05) is 65.8 Å². The van der Waals surface area contributed by atoms with Crippen LogP contribution in [0.1, 0.15) is 126 Å². The Labute approximate surface area is 337 Å². The summed E-state index contributed by atoms with van der Waals surface area (Å²) in [5.41, 5.74) is 1.72. The van der Waals surface area contributed by atoms with E-state index in [4.69, 9.17) is 22.2 Å². The van der Waals surface area contributed by atoms with E-state index in [1.54, 1.807) is 18.2 Å². The summed E-state index contributed by atoms with van der Waals surface area (Å²) >= 11 is 0. The summed E-state index contributed by atoms with van der Waals surface area (Å²) < 4.78 is 112. The van der Waals surface area contributed by atoms with E-state index >= 15 is 0 Å². The molecule has 5 heteroatoms. The standard InChI is InChI=1S/C25H25N2O.C21H28N.Ir/c1-13-10-19(26-12-14(13)2)16-8-9-17-20-21-18(25(6,7)24(17,4)5)11-15(3)27-23(21)28-22(16)20;1-20(2,3)13-17-12-19(16-10-8-7-9-11-16)22-15-18(17)14-21(4,5)6;/h9-12H,1-7H3;7-10,12,15H,13-14H2,1-6H3;/q2*-1;/i1D3,2D3,3D3;13D2,14D2;. The minimum absolute atomic E-state index is 0. The Hall–Kier alpha value is -3.66. The molecule has 2 aromatic carbocycles. The first kappa shape index (κ1) is 24.6. The van der Waals surface area contributed by atoms with Crippen molar-refractivity contribution in [3.05, 3.63) is 112 Å². The monoisotopic (exact) mass is 869 g/mol. The van der Waals surface area contributed by atoms with Crippen LogP contribution in [0, 0.1) is 43.5 Å². The zero-order valence-corrected chi connectivity index (χ0v) is 33.3. The van der Waals surface area contributed by atoms with Crippen LogP contribution in [0.15, 0.2) is 65.3 Å². The van der Waals surface area contributed by atoms with Crippen LogP contribution >= 0.6 is 0 Å². The zero-order valence-electron chi connectivity index (χ0n) is 43.9. The minimum Gasteiger partial charge on any atom is -0.486 e. The third kappa shape index (κ3) is 7.48. The number of benzene rings is 2. The Balaban J connectivity index is 0.000000253. The fourth-order valence-corrected chi connectivity index (χ4v) is 6.42. The summed E-state index contributed by atoms with van der Waals surface area (Å²) in [5.74, 6) is 0. The summed E-state index contributed by atoms with van der Waals surface area (Å²) in [6, 6.07) is 20.1. The maximum Gasteiger partial charge on any atom is 0.216 e. The van der Waals surface area contributed by atoms with Crippen LogP contribution in [0.4, 0.5) is 0 Å². The smallest absolute Gasteiger partial charge is 0.216 e. The molecule has 4 heterocycles. The molecule has 4 nitrogen and oxygen atoms in total. The van der Waals surface area contributed by atoms with E-state index in [9.17, 15) is 0 Å². The van der Waals surface area contributed by atoms with Gasteiger partial charge in [-0.05, 0) is 100 Å². The fourth-order valence-electron chi connectivity index (χ4n) is 6.42. The van der Waals surface area contributed by atoms with Gasteiger partial charge in [-0.15, -0.1) is 53.6 Å². The number of hydrogen-bond donors (Lipinski definition) is 0. The van der Waals surface area contributed by atoms with Gasteiger partial charge in [0.2, 0.25) is 5.71 Å². The first-order valence-electron chi connectivity index (χ1n) is 23.3. The van der Waals surface area contributed by atoms with Crippen LogP contribution in [-0.2, 0) is 43.7 Å². The first-order chi connectivity index (χ1) is 28.5. The van der Waals surface area contributed by atoms with E-state index in [0.717, 1.165) is 28.3 Å².